The third kappa shape index (κ3) is 4.84. The Balaban J connectivity index is 1.52. The highest BCUT2D eigenvalue weighted by Gasteiger charge is 2.15. The summed E-state index contributed by atoms with van der Waals surface area (Å²) in [5.41, 5.74) is 3.74. The van der Waals surface area contributed by atoms with Crippen LogP contribution in [0.15, 0.2) is 10.5 Å². The molecule has 0 aliphatic rings. The lowest BCUT2D eigenvalue weighted by Gasteiger charge is -2.10. The number of thiazole rings is 1. The molecule has 1 N–H and O–H groups in total. The van der Waals surface area contributed by atoms with Gasteiger partial charge < -0.3 is 5.32 Å². The largest absolute Gasteiger partial charge is 0.356 e. The van der Waals surface area contributed by atoms with Crippen LogP contribution >= 0.6 is 23.1 Å². The molecule has 0 atom stereocenters. The molecule has 0 fully saturated rings. The second-order valence-corrected chi connectivity index (χ2v) is 8.15. The third-order valence-corrected chi connectivity index (χ3v) is 5.92. The first-order chi connectivity index (χ1) is 13.0. The zero-order valence-corrected chi connectivity index (χ0v) is 17.7. The van der Waals surface area contributed by atoms with Gasteiger partial charge in [-0.05, 0) is 46.3 Å². The van der Waals surface area contributed by atoms with Crippen molar-refractivity contribution in [2.75, 3.05) is 12.8 Å². The second kappa shape index (κ2) is 8.79. The number of carbonyl (C=O) groups excluding carboxylic acids is 1. The summed E-state index contributed by atoms with van der Waals surface area (Å²) in [4.78, 5) is 25.7. The van der Waals surface area contributed by atoms with Crippen LogP contribution in [0, 0.1) is 20.8 Å². The molecule has 3 heterocycles. The average molecular weight is 405 g/mol. The van der Waals surface area contributed by atoms with Crippen LogP contribution in [0.5, 0.6) is 0 Å². The third-order valence-electron chi connectivity index (χ3n) is 4.36. The number of carbonyl (C=O) groups is 1. The van der Waals surface area contributed by atoms with Gasteiger partial charge in [-0.1, -0.05) is 11.8 Å². The van der Waals surface area contributed by atoms with Gasteiger partial charge in [-0.2, -0.15) is 4.98 Å². The summed E-state index contributed by atoms with van der Waals surface area (Å²) in [7, 11) is 0. The Morgan fingerprint density at radius 3 is 2.74 bits per heavy atom. The van der Waals surface area contributed by atoms with Gasteiger partial charge in [-0.25, -0.2) is 14.5 Å². The average Bonchev–Trinajstić information content (AvgIpc) is 3.24. The number of hydrogen-bond donors (Lipinski definition) is 1. The number of fused-ring (bicyclic) bond motifs is 1. The molecule has 9 heteroatoms. The molecule has 27 heavy (non-hydrogen) atoms. The van der Waals surface area contributed by atoms with E-state index in [1.807, 2.05) is 27.0 Å². The molecular weight excluding hydrogens is 380 g/mol. The van der Waals surface area contributed by atoms with Gasteiger partial charge in [-0.15, -0.1) is 16.4 Å². The molecule has 7 nitrogen and oxygen atoms in total. The molecule has 3 aromatic rings. The van der Waals surface area contributed by atoms with Gasteiger partial charge in [0.15, 0.2) is 0 Å². The van der Waals surface area contributed by atoms with E-state index in [0.29, 0.717) is 23.9 Å². The molecule has 1 amide bonds. The van der Waals surface area contributed by atoms with Crippen LogP contribution in [0.3, 0.4) is 0 Å². The van der Waals surface area contributed by atoms with Crippen molar-refractivity contribution >= 4 is 34.8 Å². The van der Waals surface area contributed by atoms with Crippen molar-refractivity contribution in [2.45, 2.75) is 51.6 Å². The molecule has 0 spiro atoms. The van der Waals surface area contributed by atoms with Crippen molar-refractivity contribution in [1.82, 2.24) is 29.9 Å². The Kier molecular flexibility index (Phi) is 6.43. The first-order valence-corrected chi connectivity index (χ1v) is 11.0. The van der Waals surface area contributed by atoms with E-state index >= 15 is 0 Å². The lowest BCUT2D eigenvalue weighted by molar-refractivity contribution is -0.120. The van der Waals surface area contributed by atoms with Crippen LogP contribution in [0.4, 0.5) is 0 Å². The van der Waals surface area contributed by atoms with E-state index < -0.39 is 0 Å². The van der Waals surface area contributed by atoms with E-state index in [1.165, 1.54) is 16.8 Å². The molecule has 0 unspecified atom stereocenters. The standard InChI is InChI=1S/C18H24N6OS2/c1-11-10-27-16(20-11)7-5-6-8-19-15(25)9-14-12(2)21-17-22-18(26-4)23-24(17)13(14)3/h10H,5-9H2,1-4H3,(H,19,25). The number of unbranched alkanes of at least 4 members (excludes halogenated alkanes) is 1. The number of hydrogen-bond acceptors (Lipinski definition) is 7. The van der Waals surface area contributed by atoms with Crippen LogP contribution in [0.2, 0.25) is 0 Å². The zero-order chi connectivity index (χ0) is 19.4. The zero-order valence-electron chi connectivity index (χ0n) is 16.1. The van der Waals surface area contributed by atoms with Crippen molar-refractivity contribution in [3.8, 4) is 0 Å². The van der Waals surface area contributed by atoms with Gasteiger partial charge in [0.25, 0.3) is 5.78 Å². The maximum atomic E-state index is 12.4. The van der Waals surface area contributed by atoms with E-state index in [4.69, 9.17) is 0 Å². The number of aromatic nitrogens is 5. The van der Waals surface area contributed by atoms with Gasteiger partial charge in [-0.3, -0.25) is 4.79 Å². The predicted molar refractivity (Wildman–Crippen MR) is 109 cm³/mol. The maximum Gasteiger partial charge on any atom is 0.253 e. The van der Waals surface area contributed by atoms with E-state index in [1.54, 1.807) is 15.9 Å². The van der Waals surface area contributed by atoms with Gasteiger partial charge in [0.1, 0.15) is 0 Å². The predicted octanol–water partition coefficient (Wildman–Crippen LogP) is 2.91. The number of aryl methyl sites for hydroxylation is 4. The highest BCUT2D eigenvalue weighted by Crippen LogP contribution is 2.17. The van der Waals surface area contributed by atoms with Crippen LogP contribution in [-0.2, 0) is 17.6 Å². The molecule has 0 bridgehead atoms. The van der Waals surface area contributed by atoms with E-state index in [0.717, 1.165) is 41.9 Å². The number of nitrogens with one attached hydrogen (secondary N) is 1. The summed E-state index contributed by atoms with van der Waals surface area (Å²) >= 11 is 3.18. The summed E-state index contributed by atoms with van der Waals surface area (Å²) in [6.07, 6.45) is 5.17. The van der Waals surface area contributed by atoms with Crippen molar-refractivity contribution in [1.29, 1.82) is 0 Å². The normalized spacial score (nSPS) is 11.3. The second-order valence-electron chi connectivity index (χ2n) is 6.44. The molecule has 0 radical (unpaired) electrons. The quantitative estimate of drug-likeness (QED) is 0.459. The summed E-state index contributed by atoms with van der Waals surface area (Å²) in [6.45, 7) is 6.56. The molecule has 0 saturated heterocycles. The van der Waals surface area contributed by atoms with Crippen LogP contribution in [0.25, 0.3) is 5.78 Å². The minimum absolute atomic E-state index is 0.0117. The molecule has 0 aromatic carbocycles. The molecule has 144 valence electrons. The van der Waals surface area contributed by atoms with Crippen molar-refractivity contribution in [2.24, 2.45) is 0 Å². The fraction of sp³-hybridized carbons (Fsp3) is 0.500. The Morgan fingerprint density at radius 1 is 1.22 bits per heavy atom. The van der Waals surface area contributed by atoms with Gasteiger partial charge in [0.2, 0.25) is 11.1 Å². The van der Waals surface area contributed by atoms with Crippen molar-refractivity contribution in [3.63, 3.8) is 0 Å². The Morgan fingerprint density at radius 2 is 2.04 bits per heavy atom. The topological polar surface area (TPSA) is 85.1 Å². The number of amides is 1. The Labute approximate surface area is 167 Å². The highest BCUT2D eigenvalue weighted by molar-refractivity contribution is 7.98. The summed E-state index contributed by atoms with van der Waals surface area (Å²) in [5, 5.41) is 11.4. The van der Waals surface area contributed by atoms with E-state index in [9.17, 15) is 4.79 Å². The first kappa shape index (κ1) is 19.8. The van der Waals surface area contributed by atoms with E-state index in [2.05, 4.69) is 30.7 Å². The lowest BCUT2D eigenvalue weighted by Crippen LogP contribution is -2.27. The number of rotatable bonds is 8. The van der Waals surface area contributed by atoms with Crippen LogP contribution < -0.4 is 5.32 Å². The molecule has 0 aliphatic heterocycles. The molecule has 0 aliphatic carbocycles. The molecule has 3 aromatic heterocycles. The van der Waals surface area contributed by atoms with Gasteiger partial charge in [0, 0.05) is 34.6 Å². The minimum atomic E-state index is 0.0117. The first-order valence-electron chi connectivity index (χ1n) is 8.92. The van der Waals surface area contributed by atoms with Gasteiger partial charge >= 0.3 is 0 Å². The smallest absolute Gasteiger partial charge is 0.253 e. The maximum absolute atomic E-state index is 12.4. The van der Waals surface area contributed by atoms with Gasteiger partial charge in [0.05, 0.1) is 11.4 Å². The summed E-state index contributed by atoms with van der Waals surface area (Å²) < 4.78 is 1.72. The highest BCUT2D eigenvalue weighted by atomic mass is 32.2. The Hall–Kier alpha value is -2.00. The fourth-order valence-electron chi connectivity index (χ4n) is 2.90. The summed E-state index contributed by atoms with van der Waals surface area (Å²) in [5.74, 6) is 0.591. The molecule has 0 saturated carbocycles. The van der Waals surface area contributed by atoms with Crippen molar-refractivity contribution < 1.29 is 4.79 Å². The minimum Gasteiger partial charge on any atom is -0.356 e. The fourth-order valence-corrected chi connectivity index (χ4v) is 4.06. The van der Waals surface area contributed by atoms with E-state index in [-0.39, 0.29) is 5.91 Å². The molecular formula is C18H24N6OS2. The van der Waals surface area contributed by atoms with Crippen LogP contribution in [-0.4, -0.2) is 43.3 Å². The Bertz CT molecular complexity index is 949. The van der Waals surface area contributed by atoms with Crippen molar-refractivity contribution in [3.05, 3.63) is 33.0 Å². The monoisotopic (exact) mass is 404 g/mol. The lowest BCUT2D eigenvalue weighted by atomic mass is 10.1. The summed E-state index contributed by atoms with van der Waals surface area (Å²) in [6, 6.07) is 0. The SMILES string of the molecule is CSc1nc2nc(C)c(CC(=O)NCCCCc3nc(C)cs3)c(C)n2n1. The number of thioether (sulfide) groups is 1. The number of nitrogens with zero attached hydrogens (tertiary/aromatic N) is 5. The molecule has 3 rings (SSSR count). The van der Waals surface area contributed by atoms with Crippen LogP contribution in [0.1, 0.15) is 40.5 Å².